The number of methoxy groups -OCH3 is 1. The number of amides is 1. The Labute approximate surface area is 115 Å². The summed E-state index contributed by atoms with van der Waals surface area (Å²) >= 11 is 0. The lowest BCUT2D eigenvalue weighted by Crippen LogP contribution is -2.45. The maximum atomic E-state index is 11.9. The van der Waals surface area contributed by atoms with Crippen molar-refractivity contribution in [1.82, 2.24) is 10.6 Å². The molecule has 1 unspecified atom stereocenters. The van der Waals surface area contributed by atoms with Gasteiger partial charge in [0.15, 0.2) is 0 Å². The van der Waals surface area contributed by atoms with E-state index in [0.717, 1.165) is 19.5 Å². The van der Waals surface area contributed by atoms with Crippen molar-refractivity contribution in [3.8, 4) is 0 Å². The number of carbonyl (C=O) groups excluding carboxylic acids is 2. The van der Waals surface area contributed by atoms with E-state index in [9.17, 15) is 9.59 Å². The minimum Gasteiger partial charge on any atom is -0.467 e. The van der Waals surface area contributed by atoms with Gasteiger partial charge in [0.1, 0.15) is 6.04 Å². The molecular formula is C14H26N2O3. The summed E-state index contributed by atoms with van der Waals surface area (Å²) in [4.78, 5) is 23.4. The minimum atomic E-state index is -0.540. The van der Waals surface area contributed by atoms with Crippen LogP contribution in [-0.2, 0) is 14.3 Å². The standard InChI is InChI=1S/C14H26N2O3/c1-10(2)13(14(18)19-3)16-12(17)7-6-11-5-4-8-15-9-11/h10-11,13,15H,4-9H2,1-3H3,(H,16,17)/t11?,13-/m0/s1. The number of hydrogen-bond donors (Lipinski definition) is 2. The van der Waals surface area contributed by atoms with Gasteiger partial charge in [-0.3, -0.25) is 4.79 Å². The van der Waals surface area contributed by atoms with E-state index in [4.69, 9.17) is 4.74 Å². The van der Waals surface area contributed by atoms with E-state index in [-0.39, 0.29) is 17.8 Å². The normalized spacial score (nSPS) is 20.9. The Balaban J connectivity index is 2.33. The Bertz CT molecular complexity index is 299. The molecule has 1 rings (SSSR count). The van der Waals surface area contributed by atoms with Gasteiger partial charge in [-0.15, -0.1) is 0 Å². The fraction of sp³-hybridized carbons (Fsp3) is 0.857. The highest BCUT2D eigenvalue weighted by molar-refractivity contribution is 5.84. The van der Waals surface area contributed by atoms with E-state index >= 15 is 0 Å². The third-order valence-electron chi connectivity index (χ3n) is 3.62. The lowest BCUT2D eigenvalue weighted by molar-refractivity contribution is -0.146. The molecule has 0 bridgehead atoms. The van der Waals surface area contributed by atoms with Crippen molar-refractivity contribution in [3.05, 3.63) is 0 Å². The van der Waals surface area contributed by atoms with Gasteiger partial charge in [-0.05, 0) is 44.2 Å². The first-order valence-electron chi connectivity index (χ1n) is 7.12. The minimum absolute atomic E-state index is 0.0350. The predicted molar refractivity (Wildman–Crippen MR) is 73.6 cm³/mol. The molecule has 0 aromatic carbocycles. The third kappa shape index (κ3) is 5.59. The summed E-state index contributed by atoms with van der Waals surface area (Å²) in [6.07, 6.45) is 3.73. The van der Waals surface area contributed by atoms with Crippen molar-refractivity contribution in [2.75, 3.05) is 20.2 Å². The second-order valence-electron chi connectivity index (χ2n) is 5.56. The first kappa shape index (κ1) is 16.0. The van der Waals surface area contributed by atoms with Crippen LogP contribution in [0.15, 0.2) is 0 Å². The number of nitrogens with one attached hydrogen (secondary N) is 2. The van der Waals surface area contributed by atoms with E-state index in [1.54, 1.807) is 0 Å². The second-order valence-corrected chi connectivity index (χ2v) is 5.56. The van der Waals surface area contributed by atoms with Gasteiger partial charge in [0.25, 0.3) is 0 Å². The Morgan fingerprint density at radius 3 is 2.68 bits per heavy atom. The van der Waals surface area contributed by atoms with Gasteiger partial charge in [-0.25, -0.2) is 4.79 Å². The quantitative estimate of drug-likeness (QED) is 0.709. The number of esters is 1. The van der Waals surface area contributed by atoms with Crippen LogP contribution < -0.4 is 10.6 Å². The van der Waals surface area contributed by atoms with E-state index in [2.05, 4.69) is 10.6 Å². The van der Waals surface area contributed by atoms with Crippen molar-refractivity contribution in [3.63, 3.8) is 0 Å². The summed E-state index contributed by atoms with van der Waals surface area (Å²) in [5.74, 6) is 0.181. The highest BCUT2D eigenvalue weighted by Gasteiger charge is 2.25. The summed E-state index contributed by atoms with van der Waals surface area (Å²) in [7, 11) is 1.34. The molecule has 1 aliphatic heterocycles. The van der Waals surface area contributed by atoms with Crippen molar-refractivity contribution in [2.45, 2.75) is 45.6 Å². The fourth-order valence-corrected chi connectivity index (χ4v) is 2.38. The third-order valence-corrected chi connectivity index (χ3v) is 3.62. The first-order chi connectivity index (χ1) is 9.04. The molecule has 5 nitrogen and oxygen atoms in total. The Hall–Kier alpha value is -1.10. The molecule has 1 fully saturated rings. The SMILES string of the molecule is COC(=O)[C@@H](NC(=O)CCC1CCCNC1)C(C)C. The second kappa shape index (κ2) is 8.15. The molecule has 19 heavy (non-hydrogen) atoms. The Morgan fingerprint density at radius 2 is 2.16 bits per heavy atom. The molecule has 1 aliphatic rings. The first-order valence-corrected chi connectivity index (χ1v) is 7.12. The smallest absolute Gasteiger partial charge is 0.328 e. The molecule has 2 atom stereocenters. The Morgan fingerprint density at radius 1 is 1.42 bits per heavy atom. The van der Waals surface area contributed by atoms with Gasteiger partial charge in [0.05, 0.1) is 7.11 Å². The van der Waals surface area contributed by atoms with Crippen LogP contribution in [0.25, 0.3) is 0 Å². The van der Waals surface area contributed by atoms with Gasteiger partial charge in [-0.2, -0.15) is 0 Å². The average molecular weight is 270 g/mol. The molecule has 1 saturated heterocycles. The zero-order chi connectivity index (χ0) is 14.3. The summed E-state index contributed by atoms with van der Waals surface area (Å²) in [5, 5.41) is 6.11. The molecule has 110 valence electrons. The zero-order valence-electron chi connectivity index (χ0n) is 12.2. The van der Waals surface area contributed by atoms with Crippen molar-refractivity contribution in [1.29, 1.82) is 0 Å². The van der Waals surface area contributed by atoms with Crippen molar-refractivity contribution >= 4 is 11.9 Å². The van der Waals surface area contributed by atoms with Crippen LogP contribution in [0, 0.1) is 11.8 Å². The van der Waals surface area contributed by atoms with Crippen LogP contribution in [0.1, 0.15) is 39.5 Å². The predicted octanol–water partition coefficient (Wildman–Crippen LogP) is 1.08. The summed E-state index contributed by atoms with van der Waals surface area (Å²) in [6, 6.07) is -0.540. The molecule has 0 spiro atoms. The number of hydrogen-bond acceptors (Lipinski definition) is 4. The highest BCUT2D eigenvalue weighted by Crippen LogP contribution is 2.16. The van der Waals surface area contributed by atoms with Gasteiger partial charge in [-0.1, -0.05) is 13.8 Å². The molecule has 0 aromatic heterocycles. The van der Waals surface area contributed by atoms with Crippen molar-refractivity contribution in [2.24, 2.45) is 11.8 Å². The van der Waals surface area contributed by atoms with E-state index in [1.165, 1.54) is 20.0 Å². The fourth-order valence-electron chi connectivity index (χ4n) is 2.38. The molecule has 1 heterocycles. The van der Waals surface area contributed by atoms with Crippen LogP contribution in [0.5, 0.6) is 0 Å². The van der Waals surface area contributed by atoms with E-state index in [0.29, 0.717) is 12.3 Å². The number of carbonyl (C=O) groups is 2. The lowest BCUT2D eigenvalue weighted by Gasteiger charge is -2.23. The molecule has 2 N–H and O–H groups in total. The van der Waals surface area contributed by atoms with Gasteiger partial charge in [0.2, 0.25) is 5.91 Å². The van der Waals surface area contributed by atoms with Crippen LogP contribution >= 0.6 is 0 Å². The number of ether oxygens (including phenoxy) is 1. The molecule has 0 radical (unpaired) electrons. The monoisotopic (exact) mass is 270 g/mol. The molecule has 5 heteroatoms. The van der Waals surface area contributed by atoms with Crippen molar-refractivity contribution < 1.29 is 14.3 Å². The summed E-state index contributed by atoms with van der Waals surface area (Å²) in [6.45, 7) is 5.87. The molecule has 0 aromatic rings. The molecular weight excluding hydrogens is 244 g/mol. The average Bonchev–Trinajstić information content (AvgIpc) is 2.42. The van der Waals surface area contributed by atoms with Gasteiger partial charge < -0.3 is 15.4 Å². The number of piperidine rings is 1. The maximum absolute atomic E-state index is 11.9. The Kier molecular flexibility index (Phi) is 6.84. The summed E-state index contributed by atoms with van der Waals surface area (Å²) < 4.78 is 4.71. The maximum Gasteiger partial charge on any atom is 0.328 e. The van der Waals surface area contributed by atoms with Crippen LogP contribution in [-0.4, -0.2) is 38.1 Å². The molecule has 1 amide bonds. The zero-order valence-corrected chi connectivity index (χ0v) is 12.2. The molecule has 0 aliphatic carbocycles. The largest absolute Gasteiger partial charge is 0.467 e. The lowest BCUT2D eigenvalue weighted by atomic mass is 9.94. The van der Waals surface area contributed by atoms with Crippen LogP contribution in [0.4, 0.5) is 0 Å². The number of rotatable bonds is 6. The summed E-state index contributed by atoms with van der Waals surface area (Å²) in [5.41, 5.74) is 0. The van der Waals surface area contributed by atoms with E-state index < -0.39 is 6.04 Å². The van der Waals surface area contributed by atoms with Crippen LogP contribution in [0.2, 0.25) is 0 Å². The van der Waals surface area contributed by atoms with E-state index in [1.807, 2.05) is 13.8 Å². The van der Waals surface area contributed by atoms with Crippen LogP contribution in [0.3, 0.4) is 0 Å². The van der Waals surface area contributed by atoms with Gasteiger partial charge >= 0.3 is 5.97 Å². The molecule has 0 saturated carbocycles. The van der Waals surface area contributed by atoms with Gasteiger partial charge in [0, 0.05) is 6.42 Å². The highest BCUT2D eigenvalue weighted by atomic mass is 16.5. The topological polar surface area (TPSA) is 67.4 Å².